The van der Waals surface area contributed by atoms with E-state index < -0.39 is 0 Å². The number of carbonyl (C=O) groups is 1. The van der Waals surface area contributed by atoms with Gasteiger partial charge < -0.3 is 10.2 Å². The van der Waals surface area contributed by atoms with Crippen LogP contribution in [0.25, 0.3) is 0 Å². The maximum atomic E-state index is 11.7. The van der Waals surface area contributed by atoms with Crippen LogP contribution in [0.3, 0.4) is 0 Å². The Bertz CT molecular complexity index is 214. The van der Waals surface area contributed by atoms with E-state index in [4.69, 9.17) is 0 Å². The molecule has 1 N–H and O–H groups in total. The molecule has 0 radical (unpaired) electrons. The van der Waals surface area contributed by atoms with Crippen molar-refractivity contribution in [3.05, 3.63) is 0 Å². The molecule has 0 saturated heterocycles. The highest BCUT2D eigenvalue weighted by Crippen LogP contribution is 2.24. The summed E-state index contributed by atoms with van der Waals surface area (Å²) in [6.45, 7) is 8.88. The molecular weight excluding hydrogens is 200 g/mol. The summed E-state index contributed by atoms with van der Waals surface area (Å²) in [5, 5.41) is 3.50. The van der Waals surface area contributed by atoms with Crippen LogP contribution in [0, 0.1) is 5.92 Å². The molecule has 1 rings (SSSR count). The first-order valence-corrected chi connectivity index (χ1v) is 6.68. The Hall–Kier alpha value is -0.570. The highest BCUT2D eigenvalue weighted by atomic mass is 16.2. The molecule has 0 spiro atoms. The lowest BCUT2D eigenvalue weighted by Gasteiger charge is -2.19. The smallest absolute Gasteiger partial charge is 0.223 e. The van der Waals surface area contributed by atoms with Crippen LogP contribution in [-0.2, 0) is 4.79 Å². The third-order valence-corrected chi connectivity index (χ3v) is 3.58. The quantitative estimate of drug-likeness (QED) is 0.751. The van der Waals surface area contributed by atoms with Gasteiger partial charge in [-0.05, 0) is 39.0 Å². The molecule has 0 aromatic rings. The predicted octanol–water partition coefficient (Wildman–Crippen LogP) is 2.02. The summed E-state index contributed by atoms with van der Waals surface area (Å²) < 4.78 is 0. The van der Waals surface area contributed by atoms with Crippen molar-refractivity contribution in [2.24, 2.45) is 5.92 Å². The highest BCUT2D eigenvalue weighted by molar-refractivity contribution is 5.76. The molecule has 1 aliphatic rings. The van der Waals surface area contributed by atoms with E-state index in [1.165, 1.54) is 19.3 Å². The molecule has 0 aromatic heterocycles. The van der Waals surface area contributed by atoms with Crippen molar-refractivity contribution in [3.8, 4) is 0 Å². The van der Waals surface area contributed by atoms with Crippen LogP contribution >= 0.6 is 0 Å². The zero-order chi connectivity index (χ0) is 12.0. The first kappa shape index (κ1) is 13.5. The largest absolute Gasteiger partial charge is 0.343 e. The molecule has 1 aliphatic carbocycles. The summed E-state index contributed by atoms with van der Waals surface area (Å²) in [5.74, 6) is 1.14. The lowest BCUT2D eigenvalue weighted by Crippen LogP contribution is -2.35. The average molecular weight is 226 g/mol. The Morgan fingerprint density at radius 1 is 1.31 bits per heavy atom. The van der Waals surface area contributed by atoms with E-state index in [1.54, 1.807) is 0 Å². The number of hydrogen-bond donors (Lipinski definition) is 1. The fourth-order valence-corrected chi connectivity index (χ4v) is 2.51. The molecule has 0 aliphatic heterocycles. The summed E-state index contributed by atoms with van der Waals surface area (Å²) in [4.78, 5) is 13.6. The lowest BCUT2D eigenvalue weighted by atomic mass is 10.1. The number of hydrogen-bond acceptors (Lipinski definition) is 2. The monoisotopic (exact) mass is 226 g/mol. The van der Waals surface area contributed by atoms with Gasteiger partial charge in [-0.15, -0.1) is 0 Å². The van der Waals surface area contributed by atoms with Crippen molar-refractivity contribution in [1.29, 1.82) is 0 Å². The summed E-state index contributed by atoms with van der Waals surface area (Å²) >= 11 is 0. The summed E-state index contributed by atoms with van der Waals surface area (Å²) in [6.07, 6.45) is 4.54. The van der Waals surface area contributed by atoms with Crippen molar-refractivity contribution >= 4 is 5.91 Å². The third kappa shape index (κ3) is 4.12. The minimum absolute atomic E-state index is 0.281. The number of carbonyl (C=O) groups excluding carboxylic acids is 1. The third-order valence-electron chi connectivity index (χ3n) is 3.58. The Balaban J connectivity index is 2.12. The maximum absolute atomic E-state index is 11.7. The van der Waals surface area contributed by atoms with Crippen molar-refractivity contribution in [1.82, 2.24) is 10.2 Å². The first-order chi connectivity index (χ1) is 7.67. The van der Waals surface area contributed by atoms with Crippen LogP contribution in [0.2, 0.25) is 0 Å². The lowest BCUT2D eigenvalue weighted by molar-refractivity contribution is -0.130. The first-order valence-electron chi connectivity index (χ1n) is 6.68. The van der Waals surface area contributed by atoms with Gasteiger partial charge in [0.15, 0.2) is 0 Å². The van der Waals surface area contributed by atoms with E-state index >= 15 is 0 Å². The molecule has 3 nitrogen and oxygen atoms in total. The second-order valence-electron chi connectivity index (χ2n) is 4.89. The number of rotatable bonds is 6. The zero-order valence-electron chi connectivity index (χ0n) is 11.0. The van der Waals surface area contributed by atoms with Crippen LogP contribution in [0.1, 0.15) is 46.5 Å². The van der Waals surface area contributed by atoms with Crippen LogP contribution in [0.15, 0.2) is 0 Å². The highest BCUT2D eigenvalue weighted by Gasteiger charge is 2.20. The van der Waals surface area contributed by atoms with Gasteiger partial charge in [-0.1, -0.05) is 6.92 Å². The second kappa shape index (κ2) is 6.89. The fraction of sp³-hybridized carbons (Fsp3) is 0.923. The molecule has 1 fully saturated rings. The van der Waals surface area contributed by atoms with Crippen molar-refractivity contribution in [2.75, 3.05) is 19.6 Å². The van der Waals surface area contributed by atoms with Crippen LogP contribution in [0.5, 0.6) is 0 Å². The van der Waals surface area contributed by atoms with Gasteiger partial charge in [0.25, 0.3) is 0 Å². The predicted molar refractivity (Wildman–Crippen MR) is 67.4 cm³/mol. The minimum Gasteiger partial charge on any atom is -0.343 e. The van der Waals surface area contributed by atoms with Crippen LogP contribution in [0.4, 0.5) is 0 Å². The molecule has 1 saturated carbocycles. The van der Waals surface area contributed by atoms with Gasteiger partial charge in [0.2, 0.25) is 5.91 Å². The minimum atomic E-state index is 0.281. The summed E-state index contributed by atoms with van der Waals surface area (Å²) in [7, 11) is 0. The van der Waals surface area contributed by atoms with Gasteiger partial charge in [-0.25, -0.2) is 0 Å². The van der Waals surface area contributed by atoms with E-state index in [9.17, 15) is 4.79 Å². The summed E-state index contributed by atoms with van der Waals surface area (Å²) in [5.41, 5.74) is 0. The summed E-state index contributed by atoms with van der Waals surface area (Å²) in [6, 6.07) is 0.652. The van der Waals surface area contributed by atoms with E-state index in [0.29, 0.717) is 12.5 Å². The van der Waals surface area contributed by atoms with Crippen molar-refractivity contribution in [2.45, 2.75) is 52.5 Å². The van der Waals surface area contributed by atoms with Gasteiger partial charge in [0.1, 0.15) is 0 Å². The Labute approximate surface area is 99.6 Å². The van der Waals surface area contributed by atoms with Gasteiger partial charge in [0.05, 0.1) is 0 Å². The Morgan fingerprint density at radius 2 is 2.00 bits per heavy atom. The van der Waals surface area contributed by atoms with Crippen molar-refractivity contribution in [3.63, 3.8) is 0 Å². The van der Waals surface area contributed by atoms with Gasteiger partial charge >= 0.3 is 0 Å². The van der Waals surface area contributed by atoms with Crippen LogP contribution < -0.4 is 5.32 Å². The average Bonchev–Trinajstić information content (AvgIpc) is 2.66. The topological polar surface area (TPSA) is 32.3 Å². The van der Waals surface area contributed by atoms with E-state index in [-0.39, 0.29) is 5.91 Å². The van der Waals surface area contributed by atoms with E-state index in [2.05, 4.69) is 12.2 Å². The van der Waals surface area contributed by atoms with Crippen LogP contribution in [-0.4, -0.2) is 36.5 Å². The molecule has 0 bridgehead atoms. The van der Waals surface area contributed by atoms with E-state index in [0.717, 1.165) is 25.6 Å². The van der Waals surface area contributed by atoms with Gasteiger partial charge in [0, 0.05) is 32.1 Å². The standard InChI is InChI=1S/C13H26N2O/c1-4-15(5-2)13(16)8-9-14-12-7-6-11(3)10-12/h11-12,14H,4-10H2,1-3H3. The van der Waals surface area contributed by atoms with Crippen molar-refractivity contribution < 1.29 is 4.79 Å². The zero-order valence-corrected chi connectivity index (χ0v) is 11.0. The fourth-order valence-electron chi connectivity index (χ4n) is 2.51. The molecule has 2 unspecified atom stereocenters. The SMILES string of the molecule is CCN(CC)C(=O)CCNC1CCC(C)C1. The van der Waals surface area contributed by atoms with Gasteiger partial charge in [-0.2, -0.15) is 0 Å². The molecule has 3 heteroatoms. The Kier molecular flexibility index (Phi) is 5.81. The second-order valence-corrected chi connectivity index (χ2v) is 4.89. The molecular formula is C13H26N2O. The molecule has 2 atom stereocenters. The molecule has 1 amide bonds. The Morgan fingerprint density at radius 3 is 2.50 bits per heavy atom. The van der Waals surface area contributed by atoms with Gasteiger partial charge in [-0.3, -0.25) is 4.79 Å². The molecule has 94 valence electrons. The molecule has 16 heavy (non-hydrogen) atoms. The number of nitrogens with one attached hydrogen (secondary N) is 1. The normalized spacial score (nSPS) is 24.7. The van der Waals surface area contributed by atoms with E-state index in [1.807, 2.05) is 18.7 Å². The molecule has 0 heterocycles. The molecule has 0 aromatic carbocycles. The number of nitrogens with zero attached hydrogens (tertiary/aromatic N) is 1. The maximum Gasteiger partial charge on any atom is 0.223 e. The number of amides is 1.